The molecule has 2 rings (SSSR count). The molecule has 1 atom stereocenters. The highest BCUT2D eigenvalue weighted by Gasteiger charge is 2.16. The van der Waals surface area contributed by atoms with E-state index in [1.54, 1.807) is 30.3 Å². The second-order valence-corrected chi connectivity index (χ2v) is 5.92. The van der Waals surface area contributed by atoms with Gasteiger partial charge in [0.25, 0.3) is 0 Å². The standard InChI is InChI=1S/C18H18ClNO5.ClH/c19-15-5-4-12(14(9-20)8-17(21)22)7-16(15)25-10-11-2-1-3-13(6-11)18(23)24;/h1-7,14H,8-10,20H2,(H,21,22)(H,23,24);1H/t14-;/m0./s1. The molecule has 2 aromatic rings. The summed E-state index contributed by atoms with van der Waals surface area (Å²) in [5.74, 6) is -1.89. The number of aliphatic carboxylic acids is 1. The van der Waals surface area contributed by atoms with E-state index in [1.165, 1.54) is 12.1 Å². The smallest absolute Gasteiger partial charge is 0.335 e. The number of carboxylic acids is 2. The van der Waals surface area contributed by atoms with Crippen molar-refractivity contribution in [3.63, 3.8) is 0 Å². The van der Waals surface area contributed by atoms with Crippen molar-refractivity contribution < 1.29 is 24.5 Å². The maximum absolute atomic E-state index is 11.0. The highest BCUT2D eigenvalue weighted by Crippen LogP contribution is 2.30. The molecule has 0 fully saturated rings. The lowest BCUT2D eigenvalue weighted by atomic mass is 9.96. The number of benzene rings is 2. The Morgan fingerprint density at radius 2 is 1.88 bits per heavy atom. The minimum atomic E-state index is -1.01. The third-order valence-electron chi connectivity index (χ3n) is 3.70. The van der Waals surface area contributed by atoms with E-state index in [2.05, 4.69) is 0 Å². The van der Waals surface area contributed by atoms with Gasteiger partial charge in [0.05, 0.1) is 17.0 Å². The Hall–Kier alpha value is -2.28. The average Bonchev–Trinajstić information content (AvgIpc) is 2.59. The van der Waals surface area contributed by atoms with Crippen molar-refractivity contribution in [2.75, 3.05) is 6.54 Å². The number of aromatic carboxylic acids is 1. The number of ether oxygens (including phenoxy) is 1. The van der Waals surface area contributed by atoms with Crippen LogP contribution in [0.25, 0.3) is 0 Å². The lowest BCUT2D eigenvalue weighted by Gasteiger charge is -2.15. The van der Waals surface area contributed by atoms with Gasteiger partial charge in [-0.05, 0) is 41.9 Å². The zero-order valence-electron chi connectivity index (χ0n) is 13.7. The van der Waals surface area contributed by atoms with Crippen LogP contribution in [-0.2, 0) is 11.4 Å². The average molecular weight is 400 g/mol. The van der Waals surface area contributed by atoms with Crippen LogP contribution in [0.2, 0.25) is 5.02 Å². The number of carbonyl (C=O) groups is 2. The van der Waals surface area contributed by atoms with Crippen molar-refractivity contribution in [1.29, 1.82) is 0 Å². The second-order valence-electron chi connectivity index (χ2n) is 5.51. The molecule has 0 saturated heterocycles. The molecule has 0 radical (unpaired) electrons. The van der Waals surface area contributed by atoms with Gasteiger partial charge in [-0.1, -0.05) is 29.8 Å². The van der Waals surface area contributed by atoms with Crippen LogP contribution in [0.5, 0.6) is 5.75 Å². The van der Waals surface area contributed by atoms with E-state index < -0.39 is 11.9 Å². The van der Waals surface area contributed by atoms with Crippen LogP contribution in [-0.4, -0.2) is 28.7 Å². The van der Waals surface area contributed by atoms with Crippen molar-refractivity contribution in [2.24, 2.45) is 5.73 Å². The van der Waals surface area contributed by atoms with E-state index >= 15 is 0 Å². The molecule has 0 heterocycles. The monoisotopic (exact) mass is 399 g/mol. The van der Waals surface area contributed by atoms with Crippen LogP contribution >= 0.6 is 24.0 Å². The van der Waals surface area contributed by atoms with Crippen LogP contribution in [0.15, 0.2) is 42.5 Å². The summed E-state index contributed by atoms with van der Waals surface area (Å²) in [4.78, 5) is 21.9. The molecule has 0 saturated carbocycles. The lowest BCUT2D eigenvalue weighted by Crippen LogP contribution is -2.16. The van der Waals surface area contributed by atoms with Gasteiger partial charge < -0.3 is 20.7 Å². The maximum Gasteiger partial charge on any atom is 0.335 e. The maximum atomic E-state index is 11.0. The van der Waals surface area contributed by atoms with Gasteiger partial charge in [-0.2, -0.15) is 0 Å². The Bertz CT molecular complexity index is 782. The van der Waals surface area contributed by atoms with E-state index in [9.17, 15) is 9.59 Å². The zero-order valence-corrected chi connectivity index (χ0v) is 15.3. The quantitative estimate of drug-likeness (QED) is 0.625. The molecular formula is C18H19Cl2NO5. The molecule has 0 aliphatic carbocycles. The Morgan fingerprint density at radius 3 is 2.50 bits per heavy atom. The van der Waals surface area contributed by atoms with Crippen LogP contribution in [0.3, 0.4) is 0 Å². The van der Waals surface area contributed by atoms with Crippen LogP contribution < -0.4 is 10.5 Å². The van der Waals surface area contributed by atoms with E-state index in [1.807, 2.05) is 0 Å². The first kappa shape index (κ1) is 21.8. The summed E-state index contributed by atoms with van der Waals surface area (Å²) in [6.07, 6.45) is -0.0851. The molecule has 0 aliphatic heterocycles. The summed E-state index contributed by atoms with van der Waals surface area (Å²) in [7, 11) is 0. The minimum absolute atomic E-state index is 0. The normalized spacial score (nSPS) is 11.3. The second kappa shape index (κ2) is 10.0. The lowest BCUT2D eigenvalue weighted by molar-refractivity contribution is -0.137. The van der Waals surface area contributed by atoms with Gasteiger partial charge in [0.1, 0.15) is 12.4 Å². The van der Waals surface area contributed by atoms with Crippen LogP contribution in [0, 0.1) is 0 Å². The van der Waals surface area contributed by atoms with Gasteiger partial charge >= 0.3 is 11.9 Å². The number of nitrogens with two attached hydrogens (primary N) is 1. The molecular weight excluding hydrogens is 381 g/mol. The molecule has 8 heteroatoms. The molecule has 0 unspecified atom stereocenters. The van der Waals surface area contributed by atoms with E-state index in [-0.39, 0.29) is 43.5 Å². The molecule has 0 bridgehead atoms. The SMILES string of the molecule is Cl.NC[C@H](CC(=O)O)c1ccc(Cl)c(OCc2cccc(C(=O)O)c2)c1. The predicted octanol–water partition coefficient (Wildman–Crippen LogP) is 3.56. The van der Waals surface area contributed by atoms with Gasteiger partial charge in [-0.15, -0.1) is 12.4 Å². The van der Waals surface area contributed by atoms with E-state index in [4.69, 9.17) is 32.3 Å². The topological polar surface area (TPSA) is 110 Å². The van der Waals surface area contributed by atoms with Crippen molar-refractivity contribution in [3.8, 4) is 5.75 Å². The van der Waals surface area contributed by atoms with Gasteiger partial charge in [-0.25, -0.2) is 4.79 Å². The summed E-state index contributed by atoms with van der Waals surface area (Å²) in [5.41, 5.74) is 7.24. The number of carboxylic acid groups (broad SMARTS) is 2. The van der Waals surface area contributed by atoms with Gasteiger partial charge in [0.2, 0.25) is 0 Å². The molecule has 2 aromatic carbocycles. The molecule has 4 N–H and O–H groups in total. The summed E-state index contributed by atoms with van der Waals surface area (Å²) in [6.45, 7) is 0.324. The molecule has 0 aliphatic rings. The van der Waals surface area contributed by atoms with Crippen molar-refractivity contribution in [1.82, 2.24) is 0 Å². The highest BCUT2D eigenvalue weighted by molar-refractivity contribution is 6.32. The first-order chi connectivity index (χ1) is 11.9. The van der Waals surface area contributed by atoms with Gasteiger partial charge in [-0.3, -0.25) is 4.79 Å². The van der Waals surface area contributed by atoms with Crippen LogP contribution in [0.4, 0.5) is 0 Å². The largest absolute Gasteiger partial charge is 0.487 e. The molecule has 0 amide bonds. The summed E-state index contributed by atoms with van der Waals surface area (Å²) >= 11 is 6.13. The molecule has 6 nitrogen and oxygen atoms in total. The number of hydrogen-bond acceptors (Lipinski definition) is 4. The fourth-order valence-electron chi connectivity index (χ4n) is 2.39. The number of rotatable bonds is 8. The molecule has 0 aromatic heterocycles. The van der Waals surface area contributed by atoms with Crippen molar-refractivity contribution in [3.05, 3.63) is 64.2 Å². The highest BCUT2D eigenvalue weighted by atomic mass is 35.5. The number of hydrogen-bond donors (Lipinski definition) is 3. The first-order valence-electron chi connectivity index (χ1n) is 7.57. The fourth-order valence-corrected chi connectivity index (χ4v) is 2.56. The Kier molecular flexibility index (Phi) is 8.38. The summed E-state index contributed by atoms with van der Waals surface area (Å²) in [5, 5.41) is 18.4. The predicted molar refractivity (Wildman–Crippen MR) is 100 cm³/mol. The molecule has 26 heavy (non-hydrogen) atoms. The van der Waals surface area contributed by atoms with Crippen molar-refractivity contribution in [2.45, 2.75) is 18.9 Å². The van der Waals surface area contributed by atoms with E-state index in [0.717, 1.165) is 5.56 Å². The Morgan fingerprint density at radius 1 is 1.15 bits per heavy atom. The fraction of sp³-hybridized carbons (Fsp3) is 0.222. The zero-order chi connectivity index (χ0) is 18.4. The summed E-state index contributed by atoms with van der Waals surface area (Å²) in [6, 6.07) is 11.4. The van der Waals surface area contributed by atoms with Gasteiger partial charge in [0, 0.05) is 5.92 Å². The van der Waals surface area contributed by atoms with Gasteiger partial charge in [0.15, 0.2) is 0 Å². The Balaban J connectivity index is 0.00000338. The third-order valence-corrected chi connectivity index (χ3v) is 4.01. The molecule has 0 spiro atoms. The van der Waals surface area contributed by atoms with Crippen molar-refractivity contribution >= 4 is 35.9 Å². The Labute approximate surface area is 161 Å². The van der Waals surface area contributed by atoms with E-state index in [0.29, 0.717) is 16.3 Å². The van der Waals surface area contributed by atoms with Crippen LogP contribution in [0.1, 0.15) is 33.8 Å². The summed E-state index contributed by atoms with van der Waals surface area (Å²) < 4.78 is 5.68. The third kappa shape index (κ3) is 5.91. The minimum Gasteiger partial charge on any atom is -0.487 e. The molecule has 140 valence electrons. The first-order valence-corrected chi connectivity index (χ1v) is 7.95. The number of halogens is 2.